The topological polar surface area (TPSA) is 200 Å². The van der Waals surface area contributed by atoms with Crippen molar-refractivity contribution in [2.45, 2.75) is 37.8 Å². The molecular weight excluding hydrogens is 631 g/mol. The number of imidazole rings is 2. The summed E-state index contributed by atoms with van der Waals surface area (Å²) < 4.78 is 47.4. The fourth-order valence-corrected chi connectivity index (χ4v) is 7.29. The lowest BCUT2D eigenvalue weighted by Gasteiger charge is -2.26. The minimum atomic E-state index is -3.82. The molecule has 0 aliphatic carbocycles. The van der Waals surface area contributed by atoms with Crippen molar-refractivity contribution < 1.29 is 32.1 Å². The van der Waals surface area contributed by atoms with Crippen LogP contribution in [-0.2, 0) is 59.6 Å². The number of nitrogens with zero attached hydrogens (tertiary/aromatic N) is 7. The quantitative estimate of drug-likeness (QED) is 0.168. The molecule has 214 valence electrons. The summed E-state index contributed by atoms with van der Waals surface area (Å²) in [6.07, 6.45) is -1.75. The van der Waals surface area contributed by atoms with Crippen LogP contribution in [0.2, 0.25) is 0 Å². The van der Waals surface area contributed by atoms with Gasteiger partial charge >= 0.3 is 6.72 Å². The maximum Gasteiger partial charge on any atom is 0.324 e. The predicted octanol–water partition coefficient (Wildman–Crippen LogP) is 1.10. The number of hydrogen-bond donors (Lipinski definition) is 4. The summed E-state index contributed by atoms with van der Waals surface area (Å²) in [6, 6.07) is 0. The van der Waals surface area contributed by atoms with E-state index in [0.29, 0.717) is 17.0 Å². The van der Waals surface area contributed by atoms with E-state index < -0.39 is 49.2 Å². The number of hydrogen-bond acceptors (Lipinski definition) is 14. The second-order valence-electron chi connectivity index (χ2n) is 8.61. The van der Waals surface area contributed by atoms with Gasteiger partial charge in [-0.15, -0.1) is 0 Å². The zero-order chi connectivity index (χ0) is 28.2. The van der Waals surface area contributed by atoms with Gasteiger partial charge in [-0.05, 0) is 23.6 Å². The van der Waals surface area contributed by atoms with Gasteiger partial charge in [-0.25, -0.2) is 24.3 Å². The molecule has 6 rings (SSSR count). The van der Waals surface area contributed by atoms with Gasteiger partial charge < -0.3 is 38.0 Å². The lowest BCUT2D eigenvalue weighted by atomic mass is 10.1. The van der Waals surface area contributed by atoms with Crippen molar-refractivity contribution in [1.29, 1.82) is 0 Å². The largest absolute Gasteiger partial charge is 0.369 e. The Morgan fingerprint density at radius 2 is 2.05 bits per heavy atom. The fourth-order valence-electron chi connectivity index (χ4n) is 4.34. The van der Waals surface area contributed by atoms with Crippen molar-refractivity contribution >= 4 is 76.6 Å². The van der Waals surface area contributed by atoms with Gasteiger partial charge in [0.25, 0.3) is 5.56 Å². The highest BCUT2D eigenvalue weighted by atomic mass is 32.9. The summed E-state index contributed by atoms with van der Waals surface area (Å²) in [5.41, 5.74) is 2.55. The molecule has 2 unspecified atom stereocenters. The van der Waals surface area contributed by atoms with Crippen LogP contribution in [0.25, 0.3) is 22.3 Å². The number of thiol groups is 1. The molecule has 1 saturated heterocycles. The van der Waals surface area contributed by atoms with E-state index in [1.54, 1.807) is 4.57 Å². The summed E-state index contributed by atoms with van der Waals surface area (Å²) in [7, 11) is 0. The predicted molar refractivity (Wildman–Crippen MR) is 148 cm³/mol. The molecule has 16 nitrogen and oxygen atoms in total. The Hall–Kier alpha value is -1.96. The van der Waals surface area contributed by atoms with Gasteiger partial charge in [-0.2, -0.15) is 4.98 Å². The van der Waals surface area contributed by atoms with Crippen molar-refractivity contribution in [1.82, 2.24) is 39.0 Å². The standard InChI is InChI=1S/C18H20FN9O7P2S3/c19-11-9-4-32-36(30,38)31-2-1-27-10(24-8-3-21-6-22-14(8)27)5-33-37(39,40)35-13(11)17(34-9)28-7-23-12-15(28)25-18(20)26-16(12)29/h3,6-7,9,11,13,17H,1-2,4-5H2,(H,30,38)(H,39,40)(H3,20,25,26,29)/t9-,11-,13-,17+,36?/m1/s1. The summed E-state index contributed by atoms with van der Waals surface area (Å²) in [5, 5.41) is 0. The third-order valence-corrected chi connectivity index (χ3v) is 9.85. The maximum absolute atomic E-state index is 15.9. The van der Waals surface area contributed by atoms with Crippen LogP contribution in [0, 0.1) is 0 Å². The number of nitrogens with one attached hydrogen (secondary N) is 1. The fraction of sp³-hybridized carbons (Fsp3) is 0.444. The number of H-pyrrole nitrogens is 1. The zero-order valence-electron chi connectivity index (χ0n) is 20.0. The molecule has 40 heavy (non-hydrogen) atoms. The van der Waals surface area contributed by atoms with Gasteiger partial charge in [-0.1, -0.05) is 12.2 Å². The highest BCUT2D eigenvalue weighted by Crippen LogP contribution is 2.58. The van der Waals surface area contributed by atoms with E-state index in [0.717, 1.165) is 0 Å². The van der Waals surface area contributed by atoms with Crippen LogP contribution in [0.3, 0.4) is 0 Å². The van der Waals surface area contributed by atoms with E-state index in [2.05, 4.69) is 42.2 Å². The Labute approximate surface area is 239 Å². The Balaban J connectivity index is 1.38. The van der Waals surface area contributed by atoms with Gasteiger partial charge in [0.05, 0.1) is 25.7 Å². The first-order valence-corrected chi connectivity index (χ1v) is 17.8. The Morgan fingerprint density at radius 3 is 2.88 bits per heavy atom. The molecule has 0 aromatic carbocycles. The highest BCUT2D eigenvalue weighted by Gasteiger charge is 2.50. The smallest absolute Gasteiger partial charge is 0.324 e. The lowest BCUT2D eigenvalue weighted by Crippen LogP contribution is -2.32. The first-order valence-electron chi connectivity index (χ1n) is 11.5. The van der Waals surface area contributed by atoms with Crippen LogP contribution in [0.5, 0.6) is 0 Å². The minimum absolute atomic E-state index is 0.0156. The molecule has 2 aliphatic heterocycles. The number of aromatic nitrogens is 8. The number of nitrogens with two attached hydrogens (primary N) is 1. The molecule has 2 bridgehead atoms. The lowest BCUT2D eigenvalue weighted by molar-refractivity contribution is -0.0441. The van der Waals surface area contributed by atoms with Gasteiger partial charge in [-0.3, -0.25) is 14.3 Å². The number of anilines is 1. The summed E-state index contributed by atoms with van der Waals surface area (Å²) >= 11 is 15.0. The summed E-state index contributed by atoms with van der Waals surface area (Å²) in [4.78, 5) is 46.1. The first-order chi connectivity index (χ1) is 19.0. The summed E-state index contributed by atoms with van der Waals surface area (Å²) in [5.74, 6) is 0.190. The van der Waals surface area contributed by atoms with Crippen LogP contribution < -0.4 is 11.3 Å². The van der Waals surface area contributed by atoms with E-state index in [1.165, 1.54) is 23.4 Å². The molecule has 6 atom stereocenters. The second kappa shape index (κ2) is 10.7. The molecule has 0 saturated carbocycles. The Bertz CT molecular complexity index is 1750. The van der Waals surface area contributed by atoms with Crippen molar-refractivity contribution in [3.63, 3.8) is 0 Å². The number of aromatic amines is 1. The van der Waals surface area contributed by atoms with Crippen LogP contribution in [0.4, 0.5) is 10.3 Å². The van der Waals surface area contributed by atoms with Crippen molar-refractivity contribution in [2.75, 3.05) is 18.9 Å². The number of nitrogen functional groups attached to an aromatic ring is 1. The molecule has 2 aliphatic rings. The van der Waals surface area contributed by atoms with E-state index in [9.17, 15) is 9.69 Å². The molecule has 4 aromatic rings. The van der Waals surface area contributed by atoms with Crippen molar-refractivity contribution in [3.8, 4) is 0 Å². The first kappa shape index (κ1) is 28.2. The minimum Gasteiger partial charge on any atom is -0.369 e. The van der Waals surface area contributed by atoms with Crippen molar-refractivity contribution in [3.05, 3.63) is 35.0 Å². The highest BCUT2D eigenvalue weighted by molar-refractivity contribution is 8.60. The molecule has 0 spiro atoms. The molecule has 4 aromatic heterocycles. The second-order valence-corrected chi connectivity index (χ2v) is 16.7. The third-order valence-electron chi connectivity index (χ3n) is 6.06. The molecule has 1 fully saturated rings. The SMILES string of the molecule is Nc1nc2c(ncn2[C@H]2O[C@@H]3COP(O)(=S)OCCn4c(nc5cncnc54)COP(=S)(S)O[C@@H]2[C@@H]3F)c(=O)[nH]1. The average molecular weight is 652 g/mol. The van der Waals surface area contributed by atoms with Gasteiger partial charge in [0.2, 0.25) is 11.6 Å². The Morgan fingerprint density at radius 1 is 1.23 bits per heavy atom. The van der Waals surface area contributed by atoms with E-state index in [4.69, 9.17) is 52.2 Å². The van der Waals surface area contributed by atoms with Gasteiger partial charge in [0.15, 0.2) is 29.2 Å². The van der Waals surface area contributed by atoms with Crippen LogP contribution in [-0.4, -0.2) is 75.5 Å². The van der Waals surface area contributed by atoms with Crippen LogP contribution in [0.15, 0.2) is 23.6 Å². The van der Waals surface area contributed by atoms with Gasteiger partial charge in [0.1, 0.15) is 36.5 Å². The number of ether oxygens (including phenoxy) is 1. The molecule has 4 N–H and O–H groups in total. The van der Waals surface area contributed by atoms with Gasteiger partial charge in [0, 0.05) is 6.54 Å². The molecule has 22 heteroatoms. The van der Waals surface area contributed by atoms with E-state index >= 15 is 4.39 Å². The van der Waals surface area contributed by atoms with Crippen molar-refractivity contribution in [2.24, 2.45) is 0 Å². The maximum atomic E-state index is 15.9. The zero-order valence-corrected chi connectivity index (χ0v) is 24.3. The number of halogens is 1. The summed E-state index contributed by atoms with van der Waals surface area (Å²) in [6.45, 7) is -4.40. The monoisotopic (exact) mass is 651 g/mol. The third kappa shape index (κ3) is 5.46. The van der Waals surface area contributed by atoms with Crippen LogP contribution >= 0.6 is 24.7 Å². The van der Waals surface area contributed by atoms with E-state index in [1.807, 2.05) is 0 Å². The average Bonchev–Trinajstić information content (AvgIpc) is 3.55. The number of alkyl halides is 1. The number of rotatable bonds is 1. The van der Waals surface area contributed by atoms with E-state index in [-0.39, 0.29) is 36.9 Å². The molecule has 0 radical (unpaired) electrons. The molecular formula is C18H20FN9O7P2S3. The molecule has 0 amide bonds. The molecule has 6 heterocycles. The van der Waals surface area contributed by atoms with Crippen LogP contribution in [0.1, 0.15) is 12.1 Å². The number of fused-ring (bicyclic) bond motifs is 6. The normalized spacial score (nSPS) is 32.1. The Kier molecular flexibility index (Phi) is 7.54.